The van der Waals surface area contributed by atoms with Crippen LogP contribution < -0.4 is 14.8 Å². The summed E-state index contributed by atoms with van der Waals surface area (Å²) in [6.45, 7) is 0.623. The summed E-state index contributed by atoms with van der Waals surface area (Å²) in [6.07, 6.45) is 0. The van der Waals surface area contributed by atoms with Crippen molar-refractivity contribution in [3.05, 3.63) is 59.1 Å². The number of carbonyl (C=O) groups excluding carboxylic acids is 1. The maximum absolute atomic E-state index is 12.0. The van der Waals surface area contributed by atoms with Crippen molar-refractivity contribution in [3.63, 3.8) is 0 Å². The van der Waals surface area contributed by atoms with Crippen LogP contribution in [-0.2, 0) is 10.0 Å². The highest BCUT2D eigenvalue weighted by molar-refractivity contribution is 7.89. The van der Waals surface area contributed by atoms with E-state index in [2.05, 4.69) is 10.0 Å². The van der Waals surface area contributed by atoms with Gasteiger partial charge in [0.05, 0.1) is 11.4 Å². The normalized spacial score (nSPS) is 11.1. The van der Waals surface area contributed by atoms with Gasteiger partial charge in [-0.15, -0.1) is 0 Å². The number of hydrogen-bond acceptors (Lipinski definition) is 4. The molecule has 2 N–H and O–H groups in total. The lowest BCUT2D eigenvalue weighted by Gasteiger charge is -2.08. The van der Waals surface area contributed by atoms with Gasteiger partial charge in [0.25, 0.3) is 5.91 Å². The van der Waals surface area contributed by atoms with Crippen LogP contribution in [0.5, 0.6) is 5.75 Å². The van der Waals surface area contributed by atoms with E-state index in [1.165, 1.54) is 31.3 Å². The molecule has 24 heavy (non-hydrogen) atoms. The highest BCUT2D eigenvalue weighted by Crippen LogP contribution is 2.15. The van der Waals surface area contributed by atoms with Crippen molar-refractivity contribution in [1.82, 2.24) is 10.0 Å². The molecule has 0 spiro atoms. The van der Waals surface area contributed by atoms with E-state index < -0.39 is 10.0 Å². The van der Waals surface area contributed by atoms with Crippen LogP contribution >= 0.6 is 11.6 Å². The van der Waals surface area contributed by atoms with Crippen LogP contribution in [0.25, 0.3) is 0 Å². The Hall–Kier alpha value is -2.09. The van der Waals surface area contributed by atoms with E-state index in [0.29, 0.717) is 29.5 Å². The predicted molar refractivity (Wildman–Crippen MR) is 92.0 cm³/mol. The van der Waals surface area contributed by atoms with E-state index >= 15 is 0 Å². The largest absolute Gasteiger partial charge is 0.492 e. The molecule has 2 rings (SSSR count). The van der Waals surface area contributed by atoms with E-state index in [0.717, 1.165) is 0 Å². The second kappa shape index (κ2) is 8.14. The highest BCUT2D eigenvalue weighted by atomic mass is 35.5. The minimum atomic E-state index is -3.51. The number of rotatable bonds is 7. The van der Waals surface area contributed by atoms with E-state index in [9.17, 15) is 13.2 Å². The van der Waals surface area contributed by atoms with Gasteiger partial charge in [-0.1, -0.05) is 11.6 Å². The van der Waals surface area contributed by atoms with Crippen molar-refractivity contribution in [1.29, 1.82) is 0 Å². The van der Waals surface area contributed by atoms with Crippen LogP contribution in [0.1, 0.15) is 10.4 Å². The van der Waals surface area contributed by atoms with Crippen molar-refractivity contribution < 1.29 is 17.9 Å². The second-order valence-electron chi connectivity index (χ2n) is 4.79. The Morgan fingerprint density at radius 2 is 1.71 bits per heavy atom. The summed E-state index contributed by atoms with van der Waals surface area (Å²) >= 11 is 5.78. The monoisotopic (exact) mass is 368 g/mol. The number of carbonyl (C=O) groups is 1. The first kappa shape index (κ1) is 18.3. The molecule has 0 bridgehead atoms. The lowest BCUT2D eigenvalue weighted by Crippen LogP contribution is -2.28. The van der Waals surface area contributed by atoms with Crippen LogP contribution in [0.15, 0.2) is 53.4 Å². The molecular formula is C16H17ClN2O4S. The van der Waals surface area contributed by atoms with Crippen molar-refractivity contribution in [3.8, 4) is 5.75 Å². The van der Waals surface area contributed by atoms with Crippen LogP contribution in [0.4, 0.5) is 0 Å². The zero-order valence-corrected chi connectivity index (χ0v) is 14.5. The first-order chi connectivity index (χ1) is 11.4. The van der Waals surface area contributed by atoms with E-state index in [-0.39, 0.29) is 10.8 Å². The quantitative estimate of drug-likeness (QED) is 0.732. The summed E-state index contributed by atoms with van der Waals surface area (Å²) in [5, 5.41) is 3.32. The maximum Gasteiger partial charge on any atom is 0.251 e. The maximum atomic E-state index is 12.0. The number of sulfonamides is 1. The van der Waals surface area contributed by atoms with Crippen LogP contribution in [0.3, 0.4) is 0 Å². The fourth-order valence-corrected chi connectivity index (χ4v) is 2.73. The molecule has 0 fully saturated rings. The van der Waals surface area contributed by atoms with Gasteiger partial charge in [0.1, 0.15) is 12.4 Å². The Morgan fingerprint density at radius 1 is 1.08 bits per heavy atom. The van der Waals surface area contributed by atoms with Gasteiger partial charge in [-0.05, 0) is 55.6 Å². The van der Waals surface area contributed by atoms with Gasteiger partial charge in [-0.25, -0.2) is 13.1 Å². The Morgan fingerprint density at radius 3 is 2.29 bits per heavy atom. The van der Waals surface area contributed by atoms with Crippen molar-refractivity contribution in [2.45, 2.75) is 4.90 Å². The third-order valence-electron chi connectivity index (χ3n) is 3.17. The molecule has 2 aromatic carbocycles. The second-order valence-corrected chi connectivity index (χ2v) is 7.11. The van der Waals surface area contributed by atoms with Gasteiger partial charge in [0.2, 0.25) is 10.0 Å². The Labute approximate surface area is 145 Å². The molecule has 0 aromatic heterocycles. The molecule has 1 amide bonds. The van der Waals surface area contributed by atoms with Crippen LogP contribution in [-0.4, -0.2) is 34.5 Å². The number of amides is 1. The van der Waals surface area contributed by atoms with Crippen LogP contribution in [0, 0.1) is 0 Å². The third kappa shape index (κ3) is 4.95. The minimum Gasteiger partial charge on any atom is -0.492 e. The molecule has 8 heteroatoms. The predicted octanol–water partition coefficient (Wildman–Crippen LogP) is 2.06. The standard InChI is InChI=1S/C16H17ClN2O4S/c1-18-24(21,22)15-8-2-12(3-9-15)16(20)19-10-11-23-14-6-4-13(17)5-7-14/h2-9,18H,10-11H2,1H3,(H,19,20). The Balaban J connectivity index is 1.83. The number of hydrogen-bond donors (Lipinski definition) is 2. The van der Waals surface area contributed by atoms with Gasteiger partial charge >= 0.3 is 0 Å². The average Bonchev–Trinajstić information content (AvgIpc) is 2.60. The van der Waals surface area contributed by atoms with Crippen molar-refractivity contribution >= 4 is 27.5 Å². The molecule has 2 aromatic rings. The first-order valence-electron chi connectivity index (χ1n) is 7.12. The first-order valence-corrected chi connectivity index (χ1v) is 8.98. The van der Waals surface area contributed by atoms with Gasteiger partial charge in [-0.2, -0.15) is 0 Å². The molecule has 0 aliphatic rings. The molecule has 0 aliphatic heterocycles. The summed E-state index contributed by atoms with van der Waals surface area (Å²) in [5.74, 6) is 0.360. The SMILES string of the molecule is CNS(=O)(=O)c1ccc(C(=O)NCCOc2ccc(Cl)cc2)cc1. The van der Waals surface area contributed by atoms with E-state index in [4.69, 9.17) is 16.3 Å². The Bertz CT molecular complexity index is 790. The summed E-state index contributed by atoms with van der Waals surface area (Å²) in [7, 11) is -2.18. The molecule has 6 nitrogen and oxygen atoms in total. The van der Waals surface area contributed by atoms with Gasteiger partial charge in [-0.3, -0.25) is 4.79 Å². The Kier molecular flexibility index (Phi) is 6.19. The molecule has 0 radical (unpaired) electrons. The fourth-order valence-electron chi connectivity index (χ4n) is 1.87. The molecule has 0 unspecified atom stereocenters. The highest BCUT2D eigenvalue weighted by Gasteiger charge is 2.12. The lowest BCUT2D eigenvalue weighted by atomic mass is 10.2. The molecule has 0 atom stereocenters. The summed E-state index contributed by atoms with van der Waals surface area (Å²) in [4.78, 5) is 12.1. The molecule has 0 heterocycles. The van der Waals surface area contributed by atoms with Gasteiger partial charge in [0, 0.05) is 10.6 Å². The van der Waals surface area contributed by atoms with E-state index in [1.807, 2.05) is 0 Å². The number of halogens is 1. The number of ether oxygens (including phenoxy) is 1. The molecule has 0 saturated heterocycles. The number of benzene rings is 2. The summed E-state index contributed by atoms with van der Waals surface area (Å²) < 4.78 is 30.9. The minimum absolute atomic E-state index is 0.104. The molecule has 0 aliphatic carbocycles. The number of nitrogens with one attached hydrogen (secondary N) is 2. The fraction of sp³-hybridized carbons (Fsp3) is 0.188. The van der Waals surface area contributed by atoms with Crippen molar-refractivity contribution in [2.75, 3.05) is 20.2 Å². The summed E-state index contributed by atoms with van der Waals surface area (Å²) in [6, 6.07) is 12.6. The smallest absolute Gasteiger partial charge is 0.251 e. The summed E-state index contributed by atoms with van der Waals surface area (Å²) in [5.41, 5.74) is 0.372. The van der Waals surface area contributed by atoms with E-state index in [1.54, 1.807) is 24.3 Å². The third-order valence-corrected chi connectivity index (χ3v) is 4.85. The van der Waals surface area contributed by atoms with Gasteiger partial charge in [0.15, 0.2) is 0 Å². The van der Waals surface area contributed by atoms with Gasteiger partial charge < -0.3 is 10.1 Å². The molecule has 0 saturated carbocycles. The zero-order chi connectivity index (χ0) is 17.6. The van der Waals surface area contributed by atoms with Crippen molar-refractivity contribution in [2.24, 2.45) is 0 Å². The lowest BCUT2D eigenvalue weighted by molar-refractivity contribution is 0.0947. The molecular weight excluding hydrogens is 352 g/mol. The zero-order valence-electron chi connectivity index (χ0n) is 13.0. The average molecular weight is 369 g/mol. The van der Waals surface area contributed by atoms with Crippen LogP contribution in [0.2, 0.25) is 5.02 Å². The molecule has 128 valence electrons. The topological polar surface area (TPSA) is 84.5 Å².